The Kier molecular flexibility index (Phi) is 7.75. The second kappa shape index (κ2) is 10.7. The van der Waals surface area contributed by atoms with E-state index in [4.69, 9.17) is 9.54 Å². The number of allylic oxidation sites excluding steroid dienone is 1. The minimum Gasteiger partial charge on any atom is -0.351 e. The second-order valence-electron chi connectivity index (χ2n) is 7.05. The highest BCUT2D eigenvalue weighted by atomic mass is 32.2. The predicted octanol–water partition coefficient (Wildman–Crippen LogP) is 5.20. The van der Waals surface area contributed by atoms with Gasteiger partial charge in [-0.3, -0.25) is 4.55 Å². The minimum absolute atomic E-state index is 0.0419. The first-order chi connectivity index (χ1) is 15.1. The van der Waals surface area contributed by atoms with Gasteiger partial charge >= 0.3 is 0 Å². The molecule has 0 saturated heterocycles. The molecule has 0 aromatic carbocycles. The lowest BCUT2D eigenvalue weighted by Crippen LogP contribution is -2.29. The van der Waals surface area contributed by atoms with Crippen molar-refractivity contribution < 1.29 is 8.76 Å². The molecule has 0 bridgehead atoms. The Morgan fingerprint density at radius 1 is 1.35 bits per heavy atom. The van der Waals surface area contributed by atoms with Crippen LogP contribution < -0.4 is 10.0 Å². The van der Waals surface area contributed by atoms with Crippen molar-refractivity contribution in [3.8, 4) is 9.88 Å². The number of anilines is 1. The van der Waals surface area contributed by atoms with E-state index in [0.717, 1.165) is 45.7 Å². The number of hydrogen-bond donors (Lipinski definition) is 3. The van der Waals surface area contributed by atoms with Gasteiger partial charge in [0.1, 0.15) is 10.0 Å². The van der Waals surface area contributed by atoms with E-state index in [0.29, 0.717) is 6.42 Å². The molecule has 4 rings (SSSR count). The highest BCUT2D eigenvalue weighted by molar-refractivity contribution is 7.77. The third-order valence-electron chi connectivity index (χ3n) is 4.71. The molecular formula is C20H23N5O2S4. The Morgan fingerprint density at radius 3 is 2.97 bits per heavy atom. The molecule has 2 unspecified atom stereocenters. The second-order valence-corrected chi connectivity index (χ2v) is 10.7. The molecule has 1 aliphatic carbocycles. The fourth-order valence-corrected chi connectivity index (χ4v) is 6.25. The summed E-state index contributed by atoms with van der Waals surface area (Å²) in [6, 6.07) is 3.95. The quantitative estimate of drug-likeness (QED) is 0.336. The van der Waals surface area contributed by atoms with Crippen LogP contribution in [0, 0.1) is 0 Å². The van der Waals surface area contributed by atoms with Gasteiger partial charge in [0.05, 0.1) is 16.6 Å². The van der Waals surface area contributed by atoms with Crippen LogP contribution in [-0.4, -0.2) is 30.0 Å². The number of nitrogens with zero attached hydrogens (tertiary/aromatic N) is 3. The van der Waals surface area contributed by atoms with Crippen LogP contribution in [0.15, 0.2) is 46.7 Å². The zero-order valence-corrected chi connectivity index (χ0v) is 20.1. The summed E-state index contributed by atoms with van der Waals surface area (Å²) in [7, 11) is 0. The van der Waals surface area contributed by atoms with Crippen molar-refractivity contribution in [2.24, 2.45) is 0 Å². The number of aryl methyl sites for hydroxylation is 1. The maximum absolute atomic E-state index is 11.0. The number of thiazole rings is 1. The number of hydrogen-bond acceptors (Lipinski definition) is 8. The monoisotopic (exact) mass is 493 g/mol. The summed E-state index contributed by atoms with van der Waals surface area (Å²) in [6.07, 6.45) is 9.43. The normalized spacial score (nSPS) is 18.0. The van der Waals surface area contributed by atoms with Crippen LogP contribution >= 0.6 is 34.0 Å². The SMILES string of the molecule is CCCc1nnc(N[C@@H](CC2=CCC(NS(=O)O)C=C2)c2csc(-c3cccs3)n2)s1. The van der Waals surface area contributed by atoms with Crippen LogP contribution in [0.4, 0.5) is 5.13 Å². The number of aromatic nitrogens is 3. The molecule has 3 N–H and O–H groups in total. The van der Waals surface area contributed by atoms with Crippen molar-refractivity contribution in [3.63, 3.8) is 0 Å². The van der Waals surface area contributed by atoms with Gasteiger partial charge in [-0.05, 0) is 36.3 Å². The fraction of sp³-hybridized carbons (Fsp3) is 0.350. The summed E-state index contributed by atoms with van der Waals surface area (Å²) < 4.78 is 22.6. The lowest BCUT2D eigenvalue weighted by molar-refractivity contribution is 0.539. The average molecular weight is 494 g/mol. The van der Waals surface area contributed by atoms with E-state index in [-0.39, 0.29) is 12.1 Å². The van der Waals surface area contributed by atoms with Crippen LogP contribution in [0.25, 0.3) is 9.88 Å². The van der Waals surface area contributed by atoms with Crippen LogP contribution in [0.5, 0.6) is 0 Å². The molecule has 31 heavy (non-hydrogen) atoms. The molecule has 3 aromatic heterocycles. The third kappa shape index (κ3) is 6.15. The summed E-state index contributed by atoms with van der Waals surface area (Å²) in [5.41, 5.74) is 2.13. The van der Waals surface area contributed by atoms with Crippen LogP contribution in [0.2, 0.25) is 0 Å². The highest BCUT2D eigenvalue weighted by Crippen LogP contribution is 2.34. The Morgan fingerprint density at radius 2 is 2.26 bits per heavy atom. The molecule has 11 heteroatoms. The average Bonchev–Trinajstić information content (AvgIpc) is 3.50. The van der Waals surface area contributed by atoms with E-state index in [9.17, 15) is 4.21 Å². The lowest BCUT2D eigenvalue weighted by Gasteiger charge is -2.20. The molecule has 0 amide bonds. The van der Waals surface area contributed by atoms with Crippen molar-refractivity contribution in [1.29, 1.82) is 0 Å². The summed E-state index contributed by atoms with van der Waals surface area (Å²) in [4.78, 5) is 6.06. The summed E-state index contributed by atoms with van der Waals surface area (Å²) in [5, 5.41) is 19.2. The number of nitrogens with one attached hydrogen (secondary N) is 2. The van der Waals surface area contributed by atoms with E-state index in [1.54, 1.807) is 34.0 Å². The first kappa shape index (κ1) is 22.4. The maximum atomic E-state index is 11.0. The first-order valence-electron chi connectivity index (χ1n) is 9.93. The van der Waals surface area contributed by atoms with Crippen LogP contribution in [0.3, 0.4) is 0 Å². The zero-order chi connectivity index (χ0) is 21.6. The molecule has 0 radical (unpaired) electrons. The molecule has 0 aliphatic heterocycles. The van der Waals surface area contributed by atoms with Gasteiger partial charge in [0.25, 0.3) is 0 Å². The molecule has 164 valence electrons. The van der Waals surface area contributed by atoms with Gasteiger partial charge in [-0.2, -0.15) is 0 Å². The molecule has 3 atom stereocenters. The first-order valence-corrected chi connectivity index (χ1v) is 13.6. The van der Waals surface area contributed by atoms with Crippen molar-refractivity contribution in [2.75, 3.05) is 5.32 Å². The summed E-state index contributed by atoms with van der Waals surface area (Å²) >= 11 is 2.91. The molecule has 0 spiro atoms. The molecule has 7 nitrogen and oxygen atoms in total. The van der Waals surface area contributed by atoms with Gasteiger partial charge in [-0.15, -0.1) is 32.9 Å². The van der Waals surface area contributed by atoms with Gasteiger partial charge in [0.2, 0.25) is 16.4 Å². The topological polar surface area (TPSA) is 100 Å². The van der Waals surface area contributed by atoms with E-state index in [1.165, 1.54) is 4.88 Å². The van der Waals surface area contributed by atoms with Crippen molar-refractivity contribution in [2.45, 2.75) is 44.7 Å². The Bertz CT molecular complexity index is 1070. The zero-order valence-electron chi connectivity index (χ0n) is 16.9. The molecule has 3 aromatic rings. The molecular weight excluding hydrogens is 471 g/mol. The standard InChI is InChI=1S/C20H23N5O2S4/c1-2-4-18-23-24-20(30-18)22-15(11-13-6-8-14(9-7-13)25-31(26)27)16-12-29-19(21-16)17-5-3-10-28-17/h3,5-8,10,12,14-15,25H,2,4,9,11H2,1H3,(H,22,24)(H,26,27)/t14?,15-/m0/s1. The number of rotatable bonds is 10. The van der Waals surface area contributed by atoms with Gasteiger partial charge in [-0.1, -0.05) is 42.6 Å². The van der Waals surface area contributed by atoms with Gasteiger partial charge in [0.15, 0.2) is 0 Å². The molecule has 3 heterocycles. The van der Waals surface area contributed by atoms with E-state index >= 15 is 0 Å². The van der Waals surface area contributed by atoms with Crippen LogP contribution in [-0.2, 0) is 17.7 Å². The van der Waals surface area contributed by atoms with Crippen molar-refractivity contribution in [3.05, 3.63) is 57.4 Å². The smallest absolute Gasteiger partial charge is 0.232 e. The fourth-order valence-electron chi connectivity index (χ4n) is 3.23. The Balaban J connectivity index is 1.52. The van der Waals surface area contributed by atoms with E-state index in [2.05, 4.69) is 50.1 Å². The van der Waals surface area contributed by atoms with Gasteiger partial charge in [-0.25, -0.2) is 13.9 Å². The minimum atomic E-state index is -2.02. The summed E-state index contributed by atoms with van der Waals surface area (Å²) in [5.74, 6) is 0. The Labute approximate surface area is 195 Å². The lowest BCUT2D eigenvalue weighted by atomic mass is 9.97. The van der Waals surface area contributed by atoms with E-state index in [1.807, 2.05) is 18.2 Å². The molecule has 1 aliphatic rings. The summed E-state index contributed by atoms with van der Waals surface area (Å²) in [6.45, 7) is 2.13. The van der Waals surface area contributed by atoms with Gasteiger partial charge < -0.3 is 5.32 Å². The van der Waals surface area contributed by atoms with Crippen molar-refractivity contribution >= 4 is 50.4 Å². The van der Waals surface area contributed by atoms with E-state index < -0.39 is 11.3 Å². The maximum Gasteiger partial charge on any atom is 0.232 e. The number of thiophene rings is 1. The molecule has 0 saturated carbocycles. The molecule has 0 fully saturated rings. The predicted molar refractivity (Wildman–Crippen MR) is 130 cm³/mol. The van der Waals surface area contributed by atoms with Crippen molar-refractivity contribution in [1.82, 2.24) is 19.9 Å². The van der Waals surface area contributed by atoms with Crippen LogP contribution in [0.1, 0.15) is 42.9 Å². The Hall–Kier alpha value is -1.76. The largest absolute Gasteiger partial charge is 0.351 e. The third-order valence-corrected chi connectivity index (χ3v) is 8.03. The highest BCUT2D eigenvalue weighted by Gasteiger charge is 2.21. The van der Waals surface area contributed by atoms with Gasteiger partial charge in [0, 0.05) is 17.8 Å².